The van der Waals surface area contributed by atoms with Gasteiger partial charge in [0.25, 0.3) is 0 Å². The molecule has 1 heterocycles. The summed E-state index contributed by atoms with van der Waals surface area (Å²) in [7, 11) is 1.92. The van der Waals surface area contributed by atoms with E-state index in [-0.39, 0.29) is 5.41 Å². The molecule has 4 nitrogen and oxygen atoms in total. The Morgan fingerprint density at radius 1 is 1.34 bits per heavy atom. The van der Waals surface area contributed by atoms with Crippen LogP contribution in [0.5, 0.6) is 5.75 Å². The second-order valence-corrected chi connectivity index (χ2v) is 9.32. The highest BCUT2D eigenvalue weighted by Crippen LogP contribution is 2.60. The minimum absolute atomic E-state index is 0.196. The molecule has 3 aliphatic carbocycles. The first-order valence-corrected chi connectivity index (χ1v) is 11.0. The quantitative estimate of drug-likeness (QED) is 0.698. The molecule has 0 unspecified atom stereocenters. The van der Waals surface area contributed by atoms with Crippen LogP contribution in [-0.4, -0.2) is 22.2 Å². The van der Waals surface area contributed by atoms with E-state index in [1.165, 1.54) is 17.5 Å². The summed E-state index contributed by atoms with van der Waals surface area (Å²) in [6, 6.07) is 6.67. The minimum atomic E-state index is -0.196. The number of hydrogen-bond donors (Lipinski definition) is 0. The molecule has 0 N–H and O–H groups in total. The van der Waals surface area contributed by atoms with Crippen molar-refractivity contribution in [3.8, 4) is 5.75 Å². The van der Waals surface area contributed by atoms with E-state index in [4.69, 9.17) is 4.74 Å². The number of allylic oxidation sites excluding steroid dienone is 1. The van der Waals surface area contributed by atoms with Crippen molar-refractivity contribution in [2.45, 2.75) is 51.9 Å². The number of carbonyl (C=O) groups excluding carboxylic acids is 1. The number of hydrogen-bond acceptors (Lipinski definition) is 3. The number of benzene rings is 1. The fourth-order valence-corrected chi connectivity index (χ4v) is 6.33. The molecular weight excluding hydrogens is 360 g/mol. The van der Waals surface area contributed by atoms with Crippen LogP contribution in [0.2, 0.25) is 0 Å². The smallest absolute Gasteiger partial charge is 0.165 e. The van der Waals surface area contributed by atoms with Gasteiger partial charge in [-0.3, -0.25) is 9.48 Å². The lowest BCUT2D eigenvalue weighted by Crippen LogP contribution is -2.42. The number of ketones is 1. The zero-order chi connectivity index (χ0) is 20.2. The topological polar surface area (TPSA) is 44.1 Å². The molecule has 0 aliphatic heterocycles. The van der Waals surface area contributed by atoms with E-state index < -0.39 is 0 Å². The van der Waals surface area contributed by atoms with Gasteiger partial charge < -0.3 is 4.74 Å². The summed E-state index contributed by atoms with van der Waals surface area (Å²) in [5.41, 5.74) is 4.80. The van der Waals surface area contributed by atoms with Crippen molar-refractivity contribution in [3.63, 3.8) is 0 Å². The van der Waals surface area contributed by atoms with E-state index in [1.807, 2.05) is 26.4 Å². The van der Waals surface area contributed by atoms with Crippen LogP contribution in [0.25, 0.3) is 6.08 Å². The Labute approximate surface area is 173 Å². The Kier molecular flexibility index (Phi) is 4.41. The Hall–Kier alpha value is -2.36. The Morgan fingerprint density at radius 2 is 2.21 bits per heavy atom. The van der Waals surface area contributed by atoms with Crippen LogP contribution in [0.1, 0.15) is 62.1 Å². The normalized spacial score (nSPS) is 32.0. The van der Waals surface area contributed by atoms with Crippen LogP contribution in [0, 0.1) is 17.3 Å². The highest BCUT2D eigenvalue weighted by Gasteiger charge is 2.56. The van der Waals surface area contributed by atoms with Gasteiger partial charge in [-0.2, -0.15) is 5.10 Å². The maximum atomic E-state index is 13.4. The van der Waals surface area contributed by atoms with Crippen molar-refractivity contribution in [2.75, 3.05) is 6.61 Å². The van der Waals surface area contributed by atoms with Crippen molar-refractivity contribution < 1.29 is 9.53 Å². The zero-order valence-electron chi connectivity index (χ0n) is 17.6. The first-order valence-electron chi connectivity index (χ1n) is 11.0. The lowest BCUT2D eigenvalue weighted by atomic mass is 9.55. The lowest BCUT2D eigenvalue weighted by molar-refractivity contribution is -0.127. The molecule has 4 atom stereocenters. The number of Topliss-reactive ketones (excluding diaryl/α,β-unsaturated/α-hetero) is 1. The van der Waals surface area contributed by atoms with Crippen molar-refractivity contribution in [3.05, 3.63) is 52.9 Å². The highest BCUT2D eigenvalue weighted by molar-refractivity contribution is 6.05. The number of carbonyl (C=O) groups is 1. The van der Waals surface area contributed by atoms with Crippen LogP contribution in [-0.2, 0) is 18.3 Å². The Bertz CT molecular complexity index is 988. The Balaban J connectivity index is 1.45. The Morgan fingerprint density at radius 3 is 2.97 bits per heavy atom. The maximum absolute atomic E-state index is 13.4. The molecule has 1 aromatic heterocycles. The lowest BCUT2D eigenvalue weighted by Gasteiger charge is -2.48. The molecule has 4 heteroatoms. The third kappa shape index (κ3) is 2.95. The first-order chi connectivity index (χ1) is 14.0. The van der Waals surface area contributed by atoms with Gasteiger partial charge in [-0.15, -0.1) is 0 Å². The first kappa shape index (κ1) is 18.7. The fourth-order valence-electron chi connectivity index (χ4n) is 6.33. The number of aromatic nitrogens is 2. The van der Waals surface area contributed by atoms with E-state index in [0.29, 0.717) is 30.1 Å². The van der Waals surface area contributed by atoms with Crippen LogP contribution < -0.4 is 4.74 Å². The fraction of sp³-hybridized carbons (Fsp3) is 0.520. The summed E-state index contributed by atoms with van der Waals surface area (Å²) in [5, 5.41) is 4.25. The molecule has 29 heavy (non-hydrogen) atoms. The molecule has 0 bridgehead atoms. The van der Waals surface area contributed by atoms with Crippen LogP contribution in [0.4, 0.5) is 0 Å². The van der Waals surface area contributed by atoms with Gasteiger partial charge in [-0.05, 0) is 91.7 Å². The number of aryl methyl sites for hydroxylation is 2. The van der Waals surface area contributed by atoms with Gasteiger partial charge in [-0.25, -0.2) is 0 Å². The molecule has 1 aromatic carbocycles. The van der Waals surface area contributed by atoms with Crippen molar-refractivity contribution >= 4 is 11.9 Å². The van der Waals surface area contributed by atoms with Crippen LogP contribution in [0.3, 0.4) is 0 Å². The predicted molar refractivity (Wildman–Crippen MR) is 114 cm³/mol. The van der Waals surface area contributed by atoms with E-state index in [9.17, 15) is 4.79 Å². The second kappa shape index (κ2) is 6.86. The van der Waals surface area contributed by atoms with Gasteiger partial charge >= 0.3 is 0 Å². The summed E-state index contributed by atoms with van der Waals surface area (Å²) in [5.74, 6) is 3.00. The summed E-state index contributed by atoms with van der Waals surface area (Å²) >= 11 is 0. The molecule has 3 aliphatic rings. The molecule has 2 saturated carbocycles. The van der Waals surface area contributed by atoms with Gasteiger partial charge in [0, 0.05) is 24.2 Å². The minimum Gasteiger partial charge on any atom is -0.494 e. The predicted octanol–water partition coefficient (Wildman–Crippen LogP) is 4.94. The van der Waals surface area contributed by atoms with E-state index >= 15 is 0 Å². The maximum Gasteiger partial charge on any atom is 0.165 e. The molecule has 0 radical (unpaired) electrons. The van der Waals surface area contributed by atoms with Gasteiger partial charge in [0.05, 0.1) is 12.8 Å². The molecule has 0 amide bonds. The van der Waals surface area contributed by atoms with Crippen molar-refractivity contribution in [1.29, 1.82) is 0 Å². The molecule has 2 aromatic rings. The average Bonchev–Trinajstić information content (AvgIpc) is 3.23. The largest absolute Gasteiger partial charge is 0.494 e. The molecule has 2 fully saturated rings. The molecule has 152 valence electrons. The SMILES string of the molecule is CCOc1ccc2c(c1)CC[C@@H]1[C@@H]2CC[C@@]2(C)C(=O)/C(=C/c3cnn(C)c3)C[C@H]12. The molecule has 0 saturated heterocycles. The van der Waals surface area contributed by atoms with Gasteiger partial charge in [-0.1, -0.05) is 13.0 Å². The molecule has 0 spiro atoms. The summed E-state index contributed by atoms with van der Waals surface area (Å²) in [4.78, 5) is 13.4. The van der Waals surface area contributed by atoms with Gasteiger partial charge in [0.2, 0.25) is 0 Å². The van der Waals surface area contributed by atoms with Gasteiger partial charge in [0.15, 0.2) is 5.78 Å². The third-order valence-corrected chi connectivity index (χ3v) is 7.71. The molecule has 5 rings (SSSR count). The van der Waals surface area contributed by atoms with E-state index in [2.05, 4.69) is 36.3 Å². The molecular formula is C25H30N2O2. The van der Waals surface area contributed by atoms with Gasteiger partial charge in [0.1, 0.15) is 5.75 Å². The van der Waals surface area contributed by atoms with Crippen molar-refractivity contribution in [1.82, 2.24) is 9.78 Å². The van der Waals surface area contributed by atoms with Crippen LogP contribution in [0.15, 0.2) is 36.2 Å². The summed E-state index contributed by atoms with van der Waals surface area (Å²) in [6.07, 6.45) is 11.2. The zero-order valence-corrected chi connectivity index (χ0v) is 17.6. The van der Waals surface area contributed by atoms with Crippen LogP contribution >= 0.6 is 0 Å². The number of fused-ring (bicyclic) bond motifs is 5. The van der Waals surface area contributed by atoms with E-state index in [0.717, 1.165) is 42.6 Å². The number of ether oxygens (including phenoxy) is 1. The summed E-state index contributed by atoms with van der Waals surface area (Å²) < 4.78 is 7.52. The number of nitrogens with zero attached hydrogens (tertiary/aromatic N) is 2. The highest BCUT2D eigenvalue weighted by atomic mass is 16.5. The summed E-state index contributed by atoms with van der Waals surface area (Å²) in [6.45, 7) is 4.97. The second-order valence-electron chi connectivity index (χ2n) is 9.32. The number of rotatable bonds is 3. The average molecular weight is 391 g/mol. The standard InChI is InChI=1S/C25H30N2O2/c1-4-29-19-6-8-20-17(12-19)5-7-22-21(20)9-10-25(2)23(22)13-18(24(25)28)11-16-14-26-27(3)15-16/h6,8,11-12,14-15,21-23H,4-5,7,9-10,13H2,1-3H3/b18-11+/t21-,22-,23-,25-/m1/s1. The third-order valence-electron chi connectivity index (χ3n) is 7.71. The van der Waals surface area contributed by atoms with E-state index in [1.54, 1.807) is 4.68 Å². The van der Waals surface area contributed by atoms with Crippen molar-refractivity contribution in [2.24, 2.45) is 24.3 Å². The monoisotopic (exact) mass is 390 g/mol.